The summed E-state index contributed by atoms with van der Waals surface area (Å²) in [6, 6.07) is 12.6. The van der Waals surface area contributed by atoms with Gasteiger partial charge < -0.3 is 5.21 Å². The third-order valence-corrected chi connectivity index (χ3v) is 5.91. The Morgan fingerprint density at radius 1 is 0.793 bits per heavy atom. The number of aromatic nitrogens is 1. The van der Waals surface area contributed by atoms with Crippen LogP contribution in [0.3, 0.4) is 0 Å². The maximum absolute atomic E-state index is 8.54. The van der Waals surface area contributed by atoms with E-state index >= 15 is 0 Å². The van der Waals surface area contributed by atoms with Crippen molar-refractivity contribution in [3.8, 4) is 0 Å². The first kappa shape index (κ1) is 21.7. The number of nitrogens with one attached hydrogen (secondary N) is 1. The second-order valence-corrected chi connectivity index (χ2v) is 8.17. The van der Waals surface area contributed by atoms with Gasteiger partial charge in [0.15, 0.2) is 0 Å². The van der Waals surface area contributed by atoms with Gasteiger partial charge in [-0.25, -0.2) is 5.48 Å². The van der Waals surface area contributed by atoms with E-state index in [4.69, 9.17) is 10.2 Å². The molecular weight excluding hydrogens is 358 g/mol. The molecule has 29 heavy (non-hydrogen) atoms. The van der Waals surface area contributed by atoms with Crippen LogP contribution in [0.5, 0.6) is 0 Å². The number of nitrogens with zero attached hydrogens (tertiary/aromatic N) is 2. The molecule has 0 amide bonds. The normalized spacial score (nSPS) is 17.6. The summed E-state index contributed by atoms with van der Waals surface area (Å²) in [7, 11) is 0. The molecule has 0 fully saturated rings. The molecule has 1 atom stereocenters. The van der Waals surface area contributed by atoms with Crippen LogP contribution in [0.2, 0.25) is 0 Å². The zero-order valence-corrected chi connectivity index (χ0v) is 17.5. The van der Waals surface area contributed by atoms with Gasteiger partial charge in [-0.2, -0.15) is 0 Å². The third-order valence-electron chi connectivity index (χ3n) is 5.91. The van der Waals surface area contributed by atoms with Crippen LogP contribution in [-0.2, 0) is 5.54 Å². The first-order valence-corrected chi connectivity index (χ1v) is 11.3. The second-order valence-electron chi connectivity index (χ2n) is 8.17. The minimum absolute atomic E-state index is 0.249. The zero-order valence-electron chi connectivity index (χ0n) is 17.5. The summed E-state index contributed by atoms with van der Waals surface area (Å²) in [5.41, 5.74) is 3.18. The Kier molecular flexibility index (Phi) is 8.84. The van der Waals surface area contributed by atoms with Crippen molar-refractivity contribution in [2.45, 2.75) is 76.2 Å². The van der Waals surface area contributed by atoms with Gasteiger partial charge in [0.05, 0.1) is 5.36 Å². The van der Waals surface area contributed by atoms with E-state index in [0.29, 0.717) is 0 Å². The Hall–Kier alpha value is -2.04. The van der Waals surface area contributed by atoms with Crippen molar-refractivity contribution in [2.75, 3.05) is 6.54 Å². The summed E-state index contributed by atoms with van der Waals surface area (Å²) in [5.74, 6) is 0. The average molecular weight is 394 g/mol. The quantitative estimate of drug-likeness (QED) is 0.362. The second kappa shape index (κ2) is 11.8. The number of para-hydroxylation sites is 1. The lowest BCUT2D eigenvalue weighted by Gasteiger charge is -2.24. The molecule has 0 aliphatic carbocycles. The van der Waals surface area contributed by atoms with Gasteiger partial charge in [0.25, 0.3) is 0 Å². The summed E-state index contributed by atoms with van der Waals surface area (Å²) >= 11 is 0. The van der Waals surface area contributed by atoms with Crippen LogP contribution >= 0.6 is 0 Å². The van der Waals surface area contributed by atoms with E-state index in [0.717, 1.165) is 24.7 Å². The van der Waals surface area contributed by atoms with E-state index in [9.17, 15) is 0 Å². The number of rotatable bonds is 14. The van der Waals surface area contributed by atoms with Crippen LogP contribution in [0.25, 0.3) is 6.08 Å². The summed E-state index contributed by atoms with van der Waals surface area (Å²) < 4.78 is 0. The Labute approximate surface area is 174 Å². The lowest BCUT2D eigenvalue weighted by Crippen LogP contribution is -2.20. The molecule has 4 heteroatoms. The highest BCUT2D eigenvalue weighted by atomic mass is 16.5. The lowest BCUT2D eigenvalue weighted by atomic mass is 9.86. The molecule has 1 aliphatic heterocycles. The van der Waals surface area contributed by atoms with Gasteiger partial charge in [0.2, 0.25) is 0 Å². The Balaban J connectivity index is 1.41. The monoisotopic (exact) mass is 393 g/mol. The van der Waals surface area contributed by atoms with Crippen LogP contribution < -0.4 is 16.1 Å². The van der Waals surface area contributed by atoms with Crippen molar-refractivity contribution in [1.29, 1.82) is 0 Å². The van der Waals surface area contributed by atoms with Crippen LogP contribution in [0, 0.1) is 0 Å². The molecule has 2 heterocycles. The number of unbranched alkanes of at least 4 members (excludes halogenated alkanes) is 9. The Morgan fingerprint density at radius 2 is 1.48 bits per heavy atom. The van der Waals surface area contributed by atoms with Gasteiger partial charge in [-0.15, -0.1) is 0 Å². The minimum Gasteiger partial charge on any atom is -0.317 e. The molecule has 1 aromatic carbocycles. The zero-order chi connectivity index (χ0) is 20.2. The third kappa shape index (κ3) is 6.48. The van der Waals surface area contributed by atoms with E-state index < -0.39 is 0 Å². The van der Waals surface area contributed by atoms with Gasteiger partial charge in [-0.1, -0.05) is 82.1 Å². The number of fused-ring (bicyclic) bond motifs is 1. The average Bonchev–Trinajstić information content (AvgIpc) is 3.15. The predicted molar refractivity (Wildman–Crippen MR) is 118 cm³/mol. The number of hydrogen-bond acceptors (Lipinski definition) is 4. The molecule has 1 aliphatic rings. The maximum atomic E-state index is 8.54. The standard InChI is InChI=1S/C25H35N3O/c29-27-19-12-8-6-4-2-1-3-5-7-11-17-25(23-15-13-18-26-21-23)20-22-14-9-10-16-24(22)28-25/h9-10,13-16,18,20-21,27,29H,1-8,11-12,17,19H2. The van der Waals surface area contributed by atoms with E-state index in [1.807, 2.05) is 18.5 Å². The fraction of sp³-hybridized carbons (Fsp3) is 0.520. The molecule has 3 rings (SSSR count). The molecule has 0 saturated carbocycles. The Bertz CT molecular complexity index is 800. The number of pyridine rings is 1. The van der Waals surface area contributed by atoms with Crippen LogP contribution in [-0.4, -0.2) is 16.7 Å². The van der Waals surface area contributed by atoms with Crippen LogP contribution in [0.1, 0.15) is 76.2 Å². The predicted octanol–water partition coefficient (Wildman–Crippen LogP) is 4.66. The molecule has 4 nitrogen and oxygen atoms in total. The van der Waals surface area contributed by atoms with Gasteiger partial charge >= 0.3 is 0 Å². The molecule has 0 saturated heterocycles. The summed E-state index contributed by atoms with van der Waals surface area (Å²) in [6.07, 6.45) is 19.9. The fourth-order valence-corrected chi connectivity index (χ4v) is 4.27. The van der Waals surface area contributed by atoms with Gasteiger partial charge in [0.1, 0.15) is 5.54 Å². The molecule has 1 unspecified atom stereocenters. The highest BCUT2D eigenvalue weighted by Gasteiger charge is 2.31. The molecule has 156 valence electrons. The van der Waals surface area contributed by atoms with Gasteiger partial charge in [0, 0.05) is 24.5 Å². The topological polar surface area (TPSA) is 57.5 Å². The SMILES string of the molecule is ONCCCCCCCCCCCCC1(c2cccnc2)C=c2ccccc2=N1. The smallest absolute Gasteiger partial charge is 0.107 e. The van der Waals surface area contributed by atoms with E-state index in [2.05, 4.69) is 46.9 Å². The molecule has 2 N–H and O–H groups in total. The Morgan fingerprint density at radius 3 is 2.14 bits per heavy atom. The first-order chi connectivity index (χ1) is 14.3. The number of hydrogen-bond donors (Lipinski definition) is 2. The number of hydroxylamine groups is 1. The highest BCUT2D eigenvalue weighted by Crippen LogP contribution is 2.34. The first-order valence-electron chi connectivity index (χ1n) is 11.3. The van der Waals surface area contributed by atoms with E-state index in [1.54, 1.807) is 0 Å². The van der Waals surface area contributed by atoms with E-state index in [-0.39, 0.29) is 5.54 Å². The highest BCUT2D eigenvalue weighted by molar-refractivity contribution is 5.48. The largest absolute Gasteiger partial charge is 0.317 e. The molecule has 1 aromatic heterocycles. The molecule has 0 spiro atoms. The maximum Gasteiger partial charge on any atom is 0.107 e. The lowest BCUT2D eigenvalue weighted by molar-refractivity contribution is 0.164. The van der Waals surface area contributed by atoms with Crippen molar-refractivity contribution in [2.24, 2.45) is 4.99 Å². The number of benzene rings is 1. The van der Waals surface area contributed by atoms with Crippen LogP contribution in [0.15, 0.2) is 53.8 Å². The van der Waals surface area contributed by atoms with Gasteiger partial charge in [-0.3, -0.25) is 9.98 Å². The van der Waals surface area contributed by atoms with E-state index in [1.165, 1.54) is 68.6 Å². The fourth-order valence-electron chi connectivity index (χ4n) is 4.27. The van der Waals surface area contributed by atoms with Crippen molar-refractivity contribution < 1.29 is 5.21 Å². The van der Waals surface area contributed by atoms with Crippen molar-refractivity contribution in [3.63, 3.8) is 0 Å². The van der Waals surface area contributed by atoms with Crippen molar-refractivity contribution >= 4 is 6.08 Å². The molecular formula is C25H35N3O. The molecule has 0 radical (unpaired) electrons. The summed E-state index contributed by atoms with van der Waals surface area (Å²) in [5, 5.41) is 10.9. The molecule has 2 aromatic rings. The minimum atomic E-state index is -0.249. The summed E-state index contributed by atoms with van der Waals surface area (Å²) in [4.78, 5) is 9.48. The summed E-state index contributed by atoms with van der Waals surface area (Å²) in [6.45, 7) is 0.718. The van der Waals surface area contributed by atoms with Crippen molar-refractivity contribution in [1.82, 2.24) is 10.5 Å². The van der Waals surface area contributed by atoms with Crippen LogP contribution in [0.4, 0.5) is 0 Å². The van der Waals surface area contributed by atoms with Crippen molar-refractivity contribution in [3.05, 3.63) is 64.9 Å². The molecule has 0 bridgehead atoms. The van der Waals surface area contributed by atoms with Gasteiger partial charge in [-0.05, 0) is 36.3 Å².